The summed E-state index contributed by atoms with van der Waals surface area (Å²) in [6, 6.07) is 0. The van der Waals surface area contributed by atoms with Gasteiger partial charge < -0.3 is 15.3 Å². The van der Waals surface area contributed by atoms with E-state index in [1.807, 2.05) is 0 Å². The molecule has 0 saturated heterocycles. The van der Waals surface area contributed by atoms with Crippen molar-refractivity contribution in [3.8, 4) is 0 Å². The van der Waals surface area contributed by atoms with Crippen molar-refractivity contribution in [1.82, 2.24) is 0 Å². The number of alkyl halides is 3. The van der Waals surface area contributed by atoms with Crippen LogP contribution in [-0.2, 0) is 0 Å². The van der Waals surface area contributed by atoms with E-state index in [4.69, 9.17) is 45.0 Å². The Morgan fingerprint density at radius 2 is 1.42 bits per heavy atom. The molecule has 0 fully saturated rings. The van der Waals surface area contributed by atoms with E-state index in [-0.39, 0.29) is 11.8 Å². The summed E-state index contributed by atoms with van der Waals surface area (Å²) in [6.07, 6.45) is -3.81. The topological polar surface area (TPSA) is 60.7 Å². The fraction of sp³-hybridized carbons (Fsp3) is 1.00. The fourth-order valence-electron chi connectivity index (χ4n) is 0.624. The fourth-order valence-corrected chi connectivity index (χ4v) is 1.14. The SMILES string of the molecule is OC(CCl)C(O)C(O)C(Cl)CCl. The summed E-state index contributed by atoms with van der Waals surface area (Å²) in [5, 5.41) is 26.6. The maximum Gasteiger partial charge on any atom is 0.108 e. The summed E-state index contributed by atoms with van der Waals surface area (Å²) in [5.74, 6) is -0.168. The van der Waals surface area contributed by atoms with Crippen LogP contribution in [0.5, 0.6) is 0 Å². The highest BCUT2D eigenvalue weighted by Gasteiger charge is 2.29. The second-order valence-electron chi connectivity index (χ2n) is 2.37. The van der Waals surface area contributed by atoms with Crippen LogP contribution in [0.2, 0.25) is 0 Å². The van der Waals surface area contributed by atoms with Gasteiger partial charge in [0.25, 0.3) is 0 Å². The molecule has 0 aromatic carbocycles. The molecule has 0 aliphatic rings. The van der Waals surface area contributed by atoms with Gasteiger partial charge in [-0.3, -0.25) is 0 Å². The molecule has 0 spiro atoms. The third kappa shape index (κ3) is 3.64. The number of aliphatic hydroxyl groups is 3. The van der Waals surface area contributed by atoms with Crippen LogP contribution in [0.25, 0.3) is 0 Å². The Morgan fingerprint density at radius 3 is 1.75 bits per heavy atom. The Bertz CT molecular complexity index is 111. The molecule has 4 unspecified atom stereocenters. The van der Waals surface area contributed by atoms with E-state index in [9.17, 15) is 5.11 Å². The van der Waals surface area contributed by atoms with E-state index in [0.29, 0.717) is 0 Å². The predicted molar refractivity (Wildman–Crippen MR) is 49.1 cm³/mol. The van der Waals surface area contributed by atoms with Crippen molar-refractivity contribution >= 4 is 34.8 Å². The van der Waals surface area contributed by atoms with Crippen LogP contribution in [0.1, 0.15) is 0 Å². The van der Waals surface area contributed by atoms with Crippen LogP contribution >= 0.6 is 34.8 Å². The molecule has 0 radical (unpaired) electrons. The van der Waals surface area contributed by atoms with E-state index in [1.165, 1.54) is 0 Å². The van der Waals surface area contributed by atoms with Crippen LogP contribution in [-0.4, -0.2) is 50.8 Å². The van der Waals surface area contributed by atoms with Gasteiger partial charge in [0.1, 0.15) is 6.10 Å². The molecule has 12 heavy (non-hydrogen) atoms. The zero-order valence-corrected chi connectivity index (χ0v) is 8.47. The lowest BCUT2D eigenvalue weighted by atomic mass is 10.1. The molecule has 74 valence electrons. The molecular weight excluding hydrogens is 226 g/mol. The van der Waals surface area contributed by atoms with Gasteiger partial charge >= 0.3 is 0 Å². The maximum atomic E-state index is 9.20. The van der Waals surface area contributed by atoms with Gasteiger partial charge in [-0.25, -0.2) is 0 Å². The van der Waals surface area contributed by atoms with Crippen LogP contribution in [0, 0.1) is 0 Å². The van der Waals surface area contributed by atoms with Gasteiger partial charge in [-0.15, -0.1) is 34.8 Å². The summed E-state index contributed by atoms with van der Waals surface area (Å²) >= 11 is 16.1. The first-order valence-corrected chi connectivity index (χ1v) is 4.85. The minimum atomic E-state index is -1.36. The Morgan fingerprint density at radius 1 is 0.917 bits per heavy atom. The highest BCUT2D eigenvalue weighted by molar-refractivity contribution is 6.28. The summed E-state index contributed by atoms with van der Waals surface area (Å²) in [4.78, 5) is 0. The largest absolute Gasteiger partial charge is 0.389 e. The Labute approximate surface area is 85.9 Å². The molecule has 0 amide bonds. The first-order valence-electron chi connectivity index (χ1n) is 3.34. The summed E-state index contributed by atoms with van der Waals surface area (Å²) in [6.45, 7) is 0. The number of hydrogen-bond acceptors (Lipinski definition) is 3. The zero-order chi connectivity index (χ0) is 9.72. The summed E-state index contributed by atoms with van der Waals surface area (Å²) in [7, 11) is 0. The molecule has 0 aliphatic heterocycles. The highest BCUT2D eigenvalue weighted by Crippen LogP contribution is 2.12. The smallest absolute Gasteiger partial charge is 0.108 e. The normalized spacial score (nSPS) is 21.5. The molecule has 0 aromatic rings. The quantitative estimate of drug-likeness (QED) is 0.597. The third-order valence-electron chi connectivity index (χ3n) is 1.42. The van der Waals surface area contributed by atoms with Crippen LogP contribution in [0.4, 0.5) is 0 Å². The summed E-state index contributed by atoms with van der Waals surface area (Å²) < 4.78 is 0. The van der Waals surface area contributed by atoms with Gasteiger partial charge in [0, 0.05) is 5.88 Å². The van der Waals surface area contributed by atoms with Crippen molar-refractivity contribution in [2.75, 3.05) is 11.8 Å². The van der Waals surface area contributed by atoms with Gasteiger partial charge in [-0.05, 0) is 0 Å². The van der Waals surface area contributed by atoms with E-state index >= 15 is 0 Å². The molecule has 3 N–H and O–H groups in total. The van der Waals surface area contributed by atoms with E-state index in [1.54, 1.807) is 0 Å². The average molecular weight is 238 g/mol. The van der Waals surface area contributed by atoms with Crippen molar-refractivity contribution in [2.24, 2.45) is 0 Å². The van der Waals surface area contributed by atoms with E-state index in [0.717, 1.165) is 0 Å². The minimum absolute atomic E-state index is 0.00517. The number of aliphatic hydroxyl groups excluding tert-OH is 3. The highest BCUT2D eigenvalue weighted by atomic mass is 35.5. The third-order valence-corrected chi connectivity index (χ3v) is 2.64. The number of hydrogen-bond donors (Lipinski definition) is 3. The second kappa shape index (κ2) is 6.24. The standard InChI is InChI=1S/C6H11Cl3O3/c7-1-3(9)5(11)6(12)4(10)2-8/h3-6,10-12H,1-2H2. The molecule has 0 rings (SSSR count). The molecule has 0 bridgehead atoms. The monoisotopic (exact) mass is 236 g/mol. The van der Waals surface area contributed by atoms with E-state index in [2.05, 4.69) is 0 Å². The van der Waals surface area contributed by atoms with Crippen molar-refractivity contribution in [1.29, 1.82) is 0 Å². The van der Waals surface area contributed by atoms with Gasteiger partial charge in [0.05, 0.1) is 23.5 Å². The molecule has 3 nitrogen and oxygen atoms in total. The molecular formula is C6H11Cl3O3. The van der Waals surface area contributed by atoms with Crippen LogP contribution < -0.4 is 0 Å². The van der Waals surface area contributed by atoms with Gasteiger partial charge in [0.15, 0.2) is 0 Å². The van der Waals surface area contributed by atoms with Crippen LogP contribution in [0.15, 0.2) is 0 Å². The lowest BCUT2D eigenvalue weighted by Crippen LogP contribution is -2.43. The molecule has 4 atom stereocenters. The van der Waals surface area contributed by atoms with Crippen LogP contribution in [0.3, 0.4) is 0 Å². The van der Waals surface area contributed by atoms with Crippen molar-refractivity contribution in [2.45, 2.75) is 23.7 Å². The molecule has 0 aromatic heterocycles. The van der Waals surface area contributed by atoms with Gasteiger partial charge in [0.2, 0.25) is 0 Å². The Kier molecular flexibility index (Phi) is 6.63. The van der Waals surface area contributed by atoms with E-state index < -0.39 is 23.7 Å². The van der Waals surface area contributed by atoms with Gasteiger partial charge in [-0.1, -0.05) is 0 Å². The van der Waals surface area contributed by atoms with Crippen molar-refractivity contribution in [3.05, 3.63) is 0 Å². The lowest BCUT2D eigenvalue weighted by Gasteiger charge is -2.23. The average Bonchev–Trinajstić information content (AvgIpc) is 2.12. The first kappa shape index (κ1) is 12.8. The summed E-state index contributed by atoms with van der Waals surface area (Å²) in [5.41, 5.74) is 0. The maximum absolute atomic E-state index is 9.20. The predicted octanol–water partition coefficient (Wildman–Crippen LogP) is 0.154. The molecule has 0 aliphatic carbocycles. The lowest BCUT2D eigenvalue weighted by molar-refractivity contribution is -0.0493. The zero-order valence-electron chi connectivity index (χ0n) is 6.20. The van der Waals surface area contributed by atoms with Gasteiger partial charge in [-0.2, -0.15) is 0 Å². The molecule has 6 heteroatoms. The van der Waals surface area contributed by atoms with Crippen molar-refractivity contribution in [3.63, 3.8) is 0 Å². The van der Waals surface area contributed by atoms with Crippen molar-refractivity contribution < 1.29 is 15.3 Å². The minimum Gasteiger partial charge on any atom is -0.389 e. The molecule has 0 saturated carbocycles. The molecule has 0 heterocycles. The Balaban J connectivity index is 3.99. The Hall–Kier alpha value is 0.750. The number of rotatable bonds is 5. The first-order chi connectivity index (χ1) is 5.54. The number of halogens is 3. The second-order valence-corrected chi connectivity index (χ2v) is 3.55.